The third kappa shape index (κ3) is 8.88. The molecule has 0 aromatic heterocycles. The Labute approximate surface area is 233 Å². The van der Waals surface area contributed by atoms with E-state index in [1.165, 1.54) is 4.90 Å². The fraction of sp³-hybridized carbons (Fsp3) is 0.429. The van der Waals surface area contributed by atoms with Crippen molar-refractivity contribution < 1.29 is 28.7 Å². The molecule has 210 valence electrons. The van der Waals surface area contributed by atoms with Gasteiger partial charge < -0.3 is 30.3 Å². The number of benzene rings is 2. The molecule has 1 aliphatic rings. The second-order valence-electron chi connectivity index (χ2n) is 9.55. The molecule has 0 bridgehead atoms. The Bertz CT molecular complexity index is 1160. The summed E-state index contributed by atoms with van der Waals surface area (Å²) in [4.78, 5) is 53.5. The third-order valence-electron chi connectivity index (χ3n) is 6.21. The van der Waals surface area contributed by atoms with Gasteiger partial charge >= 0.3 is 0 Å². The Kier molecular flexibility index (Phi) is 11.0. The molecule has 11 heteroatoms. The van der Waals surface area contributed by atoms with E-state index in [4.69, 9.17) is 21.1 Å². The summed E-state index contributed by atoms with van der Waals surface area (Å²) in [5.74, 6) is -0.826. The number of carbonyl (C=O) groups is 4. The number of halogens is 1. The maximum Gasteiger partial charge on any atom is 0.255 e. The fourth-order valence-electron chi connectivity index (χ4n) is 3.96. The van der Waals surface area contributed by atoms with Gasteiger partial charge in [0.2, 0.25) is 17.7 Å². The highest BCUT2D eigenvalue weighted by Crippen LogP contribution is 2.19. The molecule has 2 atom stereocenters. The Morgan fingerprint density at radius 2 is 1.85 bits per heavy atom. The molecule has 2 aromatic rings. The van der Waals surface area contributed by atoms with Crippen LogP contribution in [0.2, 0.25) is 5.02 Å². The van der Waals surface area contributed by atoms with Gasteiger partial charge in [0.15, 0.2) is 0 Å². The molecule has 0 spiro atoms. The Morgan fingerprint density at radius 3 is 2.56 bits per heavy atom. The zero-order valence-electron chi connectivity index (χ0n) is 22.4. The maximum atomic E-state index is 13.2. The molecule has 10 nitrogen and oxygen atoms in total. The second-order valence-corrected chi connectivity index (χ2v) is 9.99. The van der Waals surface area contributed by atoms with Gasteiger partial charge in [-0.2, -0.15) is 0 Å². The van der Waals surface area contributed by atoms with Gasteiger partial charge in [-0.25, -0.2) is 0 Å². The fourth-order valence-corrected chi connectivity index (χ4v) is 4.08. The van der Waals surface area contributed by atoms with Crippen molar-refractivity contribution in [1.82, 2.24) is 20.9 Å². The van der Waals surface area contributed by atoms with E-state index < -0.39 is 23.9 Å². The summed E-state index contributed by atoms with van der Waals surface area (Å²) in [7, 11) is 1.64. The molecule has 0 fully saturated rings. The highest BCUT2D eigenvalue weighted by Gasteiger charge is 2.29. The maximum absolute atomic E-state index is 13.2. The average Bonchev–Trinajstić information content (AvgIpc) is 2.92. The predicted molar refractivity (Wildman–Crippen MR) is 147 cm³/mol. The van der Waals surface area contributed by atoms with Gasteiger partial charge in [0, 0.05) is 18.5 Å². The van der Waals surface area contributed by atoms with Crippen molar-refractivity contribution in [1.29, 1.82) is 0 Å². The van der Waals surface area contributed by atoms with Crippen LogP contribution in [0, 0.1) is 5.92 Å². The first-order valence-electron chi connectivity index (χ1n) is 12.9. The number of para-hydroxylation sites is 1. The highest BCUT2D eigenvalue weighted by atomic mass is 35.5. The first-order valence-corrected chi connectivity index (χ1v) is 13.3. The number of nitrogens with one attached hydrogen (secondary N) is 3. The number of likely N-dealkylation sites (N-methyl/N-ethyl adjacent to an activating group) is 1. The predicted octanol–water partition coefficient (Wildman–Crippen LogP) is 2.41. The standard InChI is InChI=1S/C28H35ClN4O6/c1-18(2)25-28(37)33(3)15-17-39-23-7-5-4-6-21(23)26(35)31-22(12-13-24(34)32-25)27(36)30-14-16-38-20-10-8-19(29)9-11-20/h4-11,18,22,25H,12-17H2,1-3H3,(H,30,36)(H,31,35)(H,32,34)/t22-,25-/m0/s1. The Morgan fingerprint density at radius 1 is 1.13 bits per heavy atom. The summed E-state index contributed by atoms with van der Waals surface area (Å²) in [6.45, 7) is 4.47. The molecule has 1 heterocycles. The molecule has 0 radical (unpaired) electrons. The van der Waals surface area contributed by atoms with Gasteiger partial charge in [0.05, 0.1) is 18.7 Å². The van der Waals surface area contributed by atoms with E-state index in [2.05, 4.69) is 16.0 Å². The number of hydrogen-bond donors (Lipinski definition) is 3. The monoisotopic (exact) mass is 558 g/mol. The van der Waals surface area contributed by atoms with E-state index in [0.717, 1.165) is 0 Å². The minimum absolute atomic E-state index is 0.0271. The Balaban J connectivity index is 1.74. The minimum Gasteiger partial charge on any atom is -0.492 e. The SMILES string of the molecule is CC(C)[C@@H]1NC(=O)CC[C@@H](C(=O)NCCOc2ccc(Cl)cc2)NC(=O)c2ccccc2OCCN(C)C1=O. The van der Waals surface area contributed by atoms with Crippen molar-refractivity contribution >= 4 is 35.2 Å². The summed E-state index contributed by atoms with van der Waals surface area (Å²) in [5, 5.41) is 8.85. The molecule has 3 rings (SSSR count). The van der Waals surface area contributed by atoms with E-state index in [1.54, 1.807) is 55.6 Å². The van der Waals surface area contributed by atoms with E-state index in [-0.39, 0.29) is 62.4 Å². The summed E-state index contributed by atoms with van der Waals surface area (Å²) in [5.41, 5.74) is 0.245. The van der Waals surface area contributed by atoms with Crippen LogP contribution >= 0.6 is 11.6 Å². The van der Waals surface area contributed by atoms with E-state index in [0.29, 0.717) is 16.5 Å². The average molecular weight is 559 g/mol. The van der Waals surface area contributed by atoms with Gasteiger partial charge in [0.1, 0.15) is 36.8 Å². The van der Waals surface area contributed by atoms with E-state index in [1.807, 2.05) is 13.8 Å². The highest BCUT2D eigenvalue weighted by molar-refractivity contribution is 6.30. The lowest BCUT2D eigenvalue weighted by molar-refractivity contribution is -0.137. The van der Waals surface area contributed by atoms with Crippen molar-refractivity contribution in [2.75, 3.05) is 33.4 Å². The van der Waals surface area contributed by atoms with E-state index in [9.17, 15) is 19.2 Å². The first kappa shape index (κ1) is 29.8. The van der Waals surface area contributed by atoms with Crippen LogP contribution in [0.15, 0.2) is 48.5 Å². The molecule has 3 N–H and O–H groups in total. The van der Waals surface area contributed by atoms with E-state index >= 15 is 0 Å². The van der Waals surface area contributed by atoms with Crippen molar-refractivity contribution in [3.8, 4) is 11.5 Å². The molecule has 0 saturated carbocycles. The number of rotatable bonds is 6. The van der Waals surface area contributed by atoms with Crippen molar-refractivity contribution in [3.63, 3.8) is 0 Å². The normalized spacial score (nSPS) is 19.1. The zero-order valence-corrected chi connectivity index (χ0v) is 23.1. The van der Waals surface area contributed by atoms with Crippen LogP contribution in [0.25, 0.3) is 0 Å². The van der Waals surface area contributed by atoms with Crippen LogP contribution in [-0.4, -0.2) is 74.0 Å². The van der Waals surface area contributed by atoms with Crippen LogP contribution < -0.4 is 25.4 Å². The molecule has 0 unspecified atom stereocenters. The van der Waals surface area contributed by atoms with Crippen molar-refractivity contribution in [3.05, 3.63) is 59.1 Å². The number of hydrogen-bond acceptors (Lipinski definition) is 6. The molecular formula is C28H35ClN4O6. The second kappa shape index (κ2) is 14.4. The van der Waals surface area contributed by atoms with Crippen molar-refractivity contribution in [2.45, 2.75) is 38.8 Å². The molecule has 0 aliphatic carbocycles. The minimum atomic E-state index is -1.01. The molecule has 1 aliphatic heterocycles. The lowest BCUT2D eigenvalue weighted by Crippen LogP contribution is -2.51. The number of carbonyl (C=O) groups excluding carboxylic acids is 4. The smallest absolute Gasteiger partial charge is 0.255 e. The molecule has 2 aromatic carbocycles. The van der Waals surface area contributed by atoms with Crippen LogP contribution in [0.5, 0.6) is 11.5 Å². The van der Waals surface area contributed by atoms with Gasteiger partial charge in [-0.3, -0.25) is 19.2 Å². The largest absolute Gasteiger partial charge is 0.492 e. The van der Waals surface area contributed by atoms with Crippen LogP contribution in [0.3, 0.4) is 0 Å². The molecular weight excluding hydrogens is 524 g/mol. The summed E-state index contributed by atoms with van der Waals surface area (Å²) >= 11 is 5.88. The van der Waals surface area contributed by atoms with Gasteiger partial charge in [-0.1, -0.05) is 37.6 Å². The van der Waals surface area contributed by atoms with Crippen LogP contribution in [0.1, 0.15) is 37.0 Å². The van der Waals surface area contributed by atoms with Gasteiger partial charge in [0.25, 0.3) is 5.91 Å². The molecule has 39 heavy (non-hydrogen) atoms. The number of nitrogens with zero attached hydrogens (tertiary/aromatic N) is 1. The van der Waals surface area contributed by atoms with Crippen molar-refractivity contribution in [2.24, 2.45) is 5.92 Å². The summed E-state index contributed by atoms with van der Waals surface area (Å²) in [6.07, 6.45) is -0.0443. The lowest BCUT2D eigenvalue weighted by atomic mass is 10.0. The molecule has 4 amide bonds. The lowest BCUT2D eigenvalue weighted by Gasteiger charge is -2.27. The Hall–Kier alpha value is -3.79. The topological polar surface area (TPSA) is 126 Å². The molecule has 0 saturated heterocycles. The quantitative estimate of drug-likeness (QED) is 0.467. The third-order valence-corrected chi connectivity index (χ3v) is 6.46. The van der Waals surface area contributed by atoms with Gasteiger partial charge in [-0.15, -0.1) is 0 Å². The summed E-state index contributed by atoms with van der Waals surface area (Å²) in [6, 6.07) is 11.8. The first-order chi connectivity index (χ1) is 18.7. The van der Waals surface area contributed by atoms with Gasteiger partial charge in [-0.05, 0) is 48.7 Å². The zero-order chi connectivity index (χ0) is 28.4. The number of ether oxygens (including phenoxy) is 2. The number of fused-ring (bicyclic) bond motifs is 1. The van der Waals surface area contributed by atoms with Crippen LogP contribution in [-0.2, 0) is 14.4 Å². The van der Waals surface area contributed by atoms with Crippen LogP contribution in [0.4, 0.5) is 0 Å². The number of amides is 4. The summed E-state index contributed by atoms with van der Waals surface area (Å²) < 4.78 is 11.4.